The fraction of sp³-hybridized carbons (Fsp3) is 0.875. The highest BCUT2D eigenvalue weighted by atomic mass is 16.5. The molecule has 0 aromatic carbocycles. The first kappa shape index (κ1) is 9.48. The number of aliphatic hydroxyl groups is 1. The Morgan fingerprint density at radius 2 is 2.42 bits per heavy atom. The molecular weight excluding hydrogens is 158 g/mol. The molecule has 2 N–H and O–H groups in total. The first-order valence-corrected chi connectivity index (χ1v) is 4.20. The molecule has 0 amide bonds. The monoisotopic (exact) mass is 173 g/mol. The zero-order valence-electron chi connectivity index (χ0n) is 7.25. The molecule has 1 heterocycles. The highest BCUT2D eigenvalue weighted by Crippen LogP contribution is 2.14. The summed E-state index contributed by atoms with van der Waals surface area (Å²) in [5, 5.41) is 11.9. The van der Waals surface area contributed by atoms with Gasteiger partial charge in [0.25, 0.3) is 0 Å². The molecule has 0 spiro atoms. The summed E-state index contributed by atoms with van der Waals surface area (Å²) in [7, 11) is 1.40. The maximum Gasteiger partial charge on any atom is 0.309 e. The first-order chi connectivity index (χ1) is 5.77. The largest absolute Gasteiger partial charge is 0.469 e. The molecule has 4 heteroatoms. The summed E-state index contributed by atoms with van der Waals surface area (Å²) in [6.07, 6.45) is 1.65. The van der Waals surface area contributed by atoms with Crippen LogP contribution in [-0.4, -0.2) is 37.4 Å². The van der Waals surface area contributed by atoms with Crippen molar-refractivity contribution in [2.24, 2.45) is 5.92 Å². The Balaban J connectivity index is 2.30. The van der Waals surface area contributed by atoms with E-state index in [2.05, 4.69) is 10.1 Å². The van der Waals surface area contributed by atoms with Crippen molar-refractivity contribution in [2.75, 3.05) is 20.3 Å². The molecular formula is C8H15NO3. The van der Waals surface area contributed by atoms with Crippen LogP contribution < -0.4 is 5.32 Å². The number of hydrogen-bond acceptors (Lipinski definition) is 4. The third-order valence-corrected chi connectivity index (χ3v) is 2.27. The molecule has 1 rings (SSSR count). The lowest BCUT2D eigenvalue weighted by Crippen LogP contribution is -2.43. The van der Waals surface area contributed by atoms with E-state index in [9.17, 15) is 4.79 Å². The van der Waals surface area contributed by atoms with Crippen molar-refractivity contribution in [2.45, 2.75) is 18.9 Å². The topological polar surface area (TPSA) is 58.6 Å². The Morgan fingerprint density at radius 1 is 1.67 bits per heavy atom. The molecule has 1 fully saturated rings. The van der Waals surface area contributed by atoms with Crippen LogP contribution >= 0.6 is 0 Å². The second-order valence-electron chi connectivity index (χ2n) is 3.09. The van der Waals surface area contributed by atoms with Gasteiger partial charge < -0.3 is 15.2 Å². The molecule has 12 heavy (non-hydrogen) atoms. The zero-order chi connectivity index (χ0) is 8.97. The van der Waals surface area contributed by atoms with Gasteiger partial charge in [-0.25, -0.2) is 0 Å². The Hall–Kier alpha value is -0.610. The van der Waals surface area contributed by atoms with Crippen molar-refractivity contribution in [3.8, 4) is 0 Å². The van der Waals surface area contributed by atoms with Gasteiger partial charge in [0.1, 0.15) is 0 Å². The molecule has 1 aliphatic heterocycles. The van der Waals surface area contributed by atoms with E-state index in [0.717, 1.165) is 12.8 Å². The molecule has 1 saturated heterocycles. The van der Waals surface area contributed by atoms with Crippen LogP contribution in [-0.2, 0) is 9.53 Å². The molecule has 70 valence electrons. The van der Waals surface area contributed by atoms with Crippen LogP contribution in [0.3, 0.4) is 0 Å². The number of esters is 1. The fourth-order valence-corrected chi connectivity index (χ4v) is 1.44. The molecule has 4 nitrogen and oxygen atoms in total. The van der Waals surface area contributed by atoms with Crippen molar-refractivity contribution in [3.63, 3.8) is 0 Å². The Morgan fingerprint density at radius 3 is 2.83 bits per heavy atom. The van der Waals surface area contributed by atoms with E-state index in [0.29, 0.717) is 6.54 Å². The number of aliphatic hydroxyl groups excluding tert-OH is 1. The zero-order valence-corrected chi connectivity index (χ0v) is 7.25. The predicted molar refractivity (Wildman–Crippen MR) is 43.6 cm³/mol. The smallest absolute Gasteiger partial charge is 0.309 e. The first-order valence-electron chi connectivity index (χ1n) is 4.20. The number of rotatable bonds is 2. The van der Waals surface area contributed by atoms with Crippen LogP contribution in [0.2, 0.25) is 0 Å². The van der Waals surface area contributed by atoms with Gasteiger partial charge in [0.15, 0.2) is 0 Å². The maximum absolute atomic E-state index is 11.0. The number of methoxy groups -OCH3 is 1. The van der Waals surface area contributed by atoms with Crippen LogP contribution in [0.15, 0.2) is 0 Å². The lowest BCUT2D eigenvalue weighted by Gasteiger charge is -2.26. The van der Waals surface area contributed by atoms with Crippen LogP contribution in [0.5, 0.6) is 0 Å². The van der Waals surface area contributed by atoms with E-state index in [1.807, 2.05) is 0 Å². The van der Waals surface area contributed by atoms with Gasteiger partial charge in [-0.15, -0.1) is 0 Å². The molecule has 0 aliphatic carbocycles. The number of carbonyl (C=O) groups is 1. The fourth-order valence-electron chi connectivity index (χ4n) is 1.44. The molecule has 0 bridgehead atoms. The average Bonchev–Trinajstić information content (AvgIpc) is 2.17. The second kappa shape index (κ2) is 4.42. The molecule has 0 aromatic heterocycles. The standard InChI is InChI=1S/C8H15NO3/c1-12-8(11)6-2-3-7(5-10)9-4-6/h6-7,9-10H,2-5H2,1H3/t6-,7+/m1/s1. The molecule has 0 unspecified atom stereocenters. The molecule has 1 aliphatic rings. The third kappa shape index (κ3) is 2.19. The lowest BCUT2D eigenvalue weighted by molar-refractivity contribution is -0.146. The minimum absolute atomic E-state index is 0.0298. The summed E-state index contributed by atoms with van der Waals surface area (Å²) in [6.45, 7) is 0.770. The van der Waals surface area contributed by atoms with Gasteiger partial charge in [-0.1, -0.05) is 0 Å². The normalized spacial score (nSPS) is 29.8. The highest BCUT2D eigenvalue weighted by Gasteiger charge is 2.25. The van der Waals surface area contributed by atoms with E-state index in [-0.39, 0.29) is 24.5 Å². The summed E-state index contributed by atoms with van der Waals surface area (Å²) in [5.74, 6) is -0.184. The van der Waals surface area contributed by atoms with Crippen LogP contribution in [0.1, 0.15) is 12.8 Å². The summed E-state index contributed by atoms with van der Waals surface area (Å²) in [4.78, 5) is 11.0. The molecule has 0 radical (unpaired) electrons. The van der Waals surface area contributed by atoms with Gasteiger partial charge in [-0.05, 0) is 12.8 Å². The van der Waals surface area contributed by atoms with Crippen molar-refractivity contribution < 1.29 is 14.6 Å². The van der Waals surface area contributed by atoms with Gasteiger partial charge in [-0.2, -0.15) is 0 Å². The van der Waals surface area contributed by atoms with Crippen molar-refractivity contribution >= 4 is 5.97 Å². The Bertz CT molecular complexity index is 152. The molecule has 0 aromatic rings. The minimum Gasteiger partial charge on any atom is -0.469 e. The molecule has 2 atom stereocenters. The van der Waals surface area contributed by atoms with Crippen LogP contribution in [0, 0.1) is 5.92 Å². The highest BCUT2D eigenvalue weighted by molar-refractivity contribution is 5.72. The molecule has 0 saturated carbocycles. The minimum atomic E-state index is -0.154. The Kier molecular flexibility index (Phi) is 3.49. The number of ether oxygens (including phenoxy) is 1. The van der Waals surface area contributed by atoms with Gasteiger partial charge in [-0.3, -0.25) is 4.79 Å². The van der Waals surface area contributed by atoms with E-state index in [1.54, 1.807) is 0 Å². The number of carbonyl (C=O) groups excluding carboxylic acids is 1. The number of nitrogens with one attached hydrogen (secondary N) is 1. The summed E-state index contributed by atoms with van der Waals surface area (Å²) < 4.78 is 4.62. The van der Waals surface area contributed by atoms with Crippen molar-refractivity contribution in [1.29, 1.82) is 0 Å². The van der Waals surface area contributed by atoms with Gasteiger partial charge >= 0.3 is 5.97 Å². The summed E-state index contributed by atoms with van der Waals surface area (Å²) in [6, 6.07) is 0.158. The Labute approximate surface area is 71.9 Å². The van der Waals surface area contributed by atoms with Crippen molar-refractivity contribution in [1.82, 2.24) is 5.32 Å². The van der Waals surface area contributed by atoms with Gasteiger partial charge in [0, 0.05) is 12.6 Å². The van der Waals surface area contributed by atoms with Crippen molar-refractivity contribution in [3.05, 3.63) is 0 Å². The summed E-state index contributed by atoms with van der Waals surface area (Å²) in [5.41, 5.74) is 0. The lowest BCUT2D eigenvalue weighted by atomic mass is 9.95. The number of hydrogen-bond donors (Lipinski definition) is 2. The predicted octanol–water partition coefficient (Wildman–Crippen LogP) is -0.480. The third-order valence-electron chi connectivity index (χ3n) is 2.27. The van der Waals surface area contributed by atoms with Crippen LogP contribution in [0.25, 0.3) is 0 Å². The van der Waals surface area contributed by atoms with Crippen LogP contribution in [0.4, 0.5) is 0 Å². The maximum atomic E-state index is 11.0. The van der Waals surface area contributed by atoms with Gasteiger partial charge in [0.05, 0.1) is 19.6 Å². The van der Waals surface area contributed by atoms with E-state index >= 15 is 0 Å². The van der Waals surface area contributed by atoms with E-state index in [1.165, 1.54) is 7.11 Å². The average molecular weight is 173 g/mol. The van der Waals surface area contributed by atoms with E-state index < -0.39 is 0 Å². The van der Waals surface area contributed by atoms with Gasteiger partial charge in [0.2, 0.25) is 0 Å². The van der Waals surface area contributed by atoms with E-state index in [4.69, 9.17) is 5.11 Å². The SMILES string of the molecule is COC(=O)[C@@H]1CC[C@@H](CO)NC1. The second-order valence-corrected chi connectivity index (χ2v) is 3.09. The quantitative estimate of drug-likeness (QED) is 0.554. The number of piperidine rings is 1. The summed E-state index contributed by atoms with van der Waals surface area (Å²) >= 11 is 0.